The zero-order chi connectivity index (χ0) is 10.2. The van der Waals surface area contributed by atoms with E-state index in [1.165, 1.54) is 0 Å². The summed E-state index contributed by atoms with van der Waals surface area (Å²) < 4.78 is 5.52. The van der Waals surface area contributed by atoms with Crippen LogP contribution in [0.3, 0.4) is 0 Å². The van der Waals surface area contributed by atoms with Crippen molar-refractivity contribution in [3.8, 4) is 0 Å². The molecule has 1 fully saturated rings. The second-order valence-electron chi connectivity index (χ2n) is 4.11. The van der Waals surface area contributed by atoms with E-state index in [1.807, 2.05) is 14.8 Å². The van der Waals surface area contributed by atoms with Crippen LogP contribution in [0, 0.1) is 5.92 Å². The summed E-state index contributed by atoms with van der Waals surface area (Å²) in [6.07, 6.45) is -0.662. The molecule has 0 aromatic rings. The van der Waals surface area contributed by atoms with Gasteiger partial charge in [0.25, 0.3) is 0 Å². The average Bonchev–Trinajstić information content (AvgIpc) is 2.24. The number of hydrogen-bond acceptors (Lipinski definition) is 3. The van der Waals surface area contributed by atoms with Gasteiger partial charge in [-0.25, -0.2) is 0 Å². The van der Waals surface area contributed by atoms with Gasteiger partial charge in [0, 0.05) is 11.9 Å². The van der Waals surface area contributed by atoms with Crippen molar-refractivity contribution >= 4 is 7.85 Å². The van der Waals surface area contributed by atoms with Crippen molar-refractivity contribution in [3.05, 3.63) is 12.2 Å². The zero-order valence-corrected chi connectivity index (χ0v) is 8.45. The highest BCUT2D eigenvalue weighted by atomic mass is 16.5. The van der Waals surface area contributed by atoms with Crippen LogP contribution >= 0.6 is 0 Å². The van der Waals surface area contributed by atoms with Crippen LogP contribution in [0.2, 0.25) is 0 Å². The molecule has 3 nitrogen and oxygen atoms in total. The van der Waals surface area contributed by atoms with Gasteiger partial charge in [0.1, 0.15) is 13.4 Å². The van der Waals surface area contributed by atoms with Gasteiger partial charge in [0.2, 0.25) is 0 Å². The molecule has 1 aliphatic heterocycles. The number of ether oxygens (including phenoxy) is 1. The fourth-order valence-corrected chi connectivity index (χ4v) is 2.01. The van der Waals surface area contributed by atoms with Crippen LogP contribution in [0.15, 0.2) is 12.2 Å². The summed E-state index contributed by atoms with van der Waals surface area (Å²) in [6, 6.07) is -0.0790. The SMILES string of the molecule is B[C@@H]1O[C@](C)(CO)[C@H](O)[C@H]1C(=C)C. The van der Waals surface area contributed by atoms with Gasteiger partial charge in [-0.15, -0.1) is 0 Å². The third kappa shape index (κ3) is 1.66. The Hall–Kier alpha value is -0.315. The van der Waals surface area contributed by atoms with Crippen LogP contribution in [0.5, 0.6) is 0 Å². The first-order valence-electron chi connectivity index (χ1n) is 4.54. The van der Waals surface area contributed by atoms with Crippen LogP contribution in [0.25, 0.3) is 0 Å². The second kappa shape index (κ2) is 3.44. The van der Waals surface area contributed by atoms with Gasteiger partial charge in [0.05, 0.1) is 12.7 Å². The van der Waals surface area contributed by atoms with Gasteiger partial charge in [-0.2, -0.15) is 0 Å². The largest absolute Gasteiger partial charge is 0.393 e. The van der Waals surface area contributed by atoms with Crippen LogP contribution in [-0.4, -0.2) is 42.4 Å². The maximum Gasteiger partial charge on any atom is 0.140 e. The van der Waals surface area contributed by atoms with E-state index in [0.29, 0.717) is 0 Å². The molecular formula is C9H17BO3. The van der Waals surface area contributed by atoms with E-state index >= 15 is 0 Å². The summed E-state index contributed by atoms with van der Waals surface area (Å²) in [7, 11) is 1.89. The quantitative estimate of drug-likeness (QED) is 0.439. The van der Waals surface area contributed by atoms with Crippen molar-refractivity contribution in [1.29, 1.82) is 0 Å². The lowest BCUT2D eigenvalue weighted by molar-refractivity contribution is -0.0846. The fourth-order valence-electron chi connectivity index (χ4n) is 2.01. The molecule has 1 aliphatic rings. The van der Waals surface area contributed by atoms with E-state index < -0.39 is 11.7 Å². The number of hydrogen-bond donors (Lipinski definition) is 2. The maximum absolute atomic E-state index is 9.90. The first-order chi connectivity index (χ1) is 5.92. The predicted molar refractivity (Wildman–Crippen MR) is 53.2 cm³/mol. The molecule has 0 spiro atoms. The first kappa shape index (κ1) is 10.8. The van der Waals surface area contributed by atoms with Gasteiger partial charge in [-0.1, -0.05) is 12.2 Å². The Kier molecular flexibility index (Phi) is 2.85. The van der Waals surface area contributed by atoms with Gasteiger partial charge >= 0.3 is 0 Å². The maximum atomic E-state index is 9.90. The molecular weight excluding hydrogens is 167 g/mol. The Balaban J connectivity index is 2.87. The van der Waals surface area contributed by atoms with Gasteiger partial charge < -0.3 is 14.9 Å². The molecule has 0 aromatic carbocycles. The van der Waals surface area contributed by atoms with Crippen LogP contribution in [0.1, 0.15) is 13.8 Å². The minimum atomic E-state index is -0.830. The third-order valence-electron chi connectivity index (χ3n) is 2.81. The molecule has 0 amide bonds. The summed E-state index contributed by atoms with van der Waals surface area (Å²) in [5.74, 6) is -0.0721. The standard InChI is InChI=1S/C9H17BO3/c1-5(2)6-7(12)9(3,4-11)13-8(6)10/h6-8,11-12H,1,4,10H2,2-3H3/t6-,7-,8-,9-/m1/s1. The van der Waals surface area contributed by atoms with E-state index in [4.69, 9.17) is 9.84 Å². The molecule has 1 rings (SSSR count). The summed E-state index contributed by atoms with van der Waals surface area (Å²) in [5.41, 5.74) is 0.0698. The highest BCUT2D eigenvalue weighted by molar-refractivity contribution is 6.11. The molecule has 0 saturated carbocycles. The molecule has 0 radical (unpaired) electrons. The molecule has 4 atom stereocenters. The first-order valence-corrected chi connectivity index (χ1v) is 4.54. The topological polar surface area (TPSA) is 49.7 Å². The summed E-state index contributed by atoms with van der Waals surface area (Å²) in [5, 5.41) is 19.0. The Morgan fingerprint density at radius 1 is 1.69 bits per heavy atom. The molecule has 0 aromatic heterocycles. The average molecular weight is 184 g/mol. The van der Waals surface area contributed by atoms with E-state index in [1.54, 1.807) is 6.92 Å². The normalized spacial score (nSPS) is 45.1. The number of aliphatic hydroxyl groups excluding tert-OH is 2. The highest BCUT2D eigenvalue weighted by Gasteiger charge is 2.49. The van der Waals surface area contributed by atoms with Gasteiger partial charge in [-0.3, -0.25) is 0 Å². The summed E-state index contributed by atoms with van der Waals surface area (Å²) >= 11 is 0. The summed E-state index contributed by atoms with van der Waals surface area (Å²) in [6.45, 7) is 7.24. The molecule has 74 valence electrons. The second-order valence-corrected chi connectivity index (χ2v) is 4.11. The monoisotopic (exact) mass is 184 g/mol. The molecule has 4 heteroatoms. The Labute approximate surface area is 79.8 Å². The van der Waals surface area contributed by atoms with Crippen LogP contribution in [0.4, 0.5) is 0 Å². The zero-order valence-electron chi connectivity index (χ0n) is 8.45. The third-order valence-corrected chi connectivity index (χ3v) is 2.81. The molecule has 1 heterocycles. The smallest absolute Gasteiger partial charge is 0.140 e. The molecule has 0 aliphatic carbocycles. The number of rotatable bonds is 2. The van der Waals surface area contributed by atoms with Crippen molar-refractivity contribution in [2.75, 3.05) is 6.61 Å². The Bertz CT molecular complexity index is 219. The lowest BCUT2D eigenvalue weighted by atomic mass is 9.79. The van der Waals surface area contributed by atoms with E-state index in [0.717, 1.165) is 5.57 Å². The molecule has 0 bridgehead atoms. The van der Waals surface area contributed by atoms with Crippen molar-refractivity contribution in [1.82, 2.24) is 0 Å². The molecule has 1 saturated heterocycles. The minimum Gasteiger partial charge on any atom is -0.393 e. The van der Waals surface area contributed by atoms with E-state index in [2.05, 4.69) is 6.58 Å². The van der Waals surface area contributed by atoms with Gasteiger partial charge in [-0.05, 0) is 13.8 Å². The van der Waals surface area contributed by atoms with Crippen molar-refractivity contribution < 1.29 is 14.9 Å². The molecule has 0 unspecified atom stereocenters. The Morgan fingerprint density at radius 2 is 2.23 bits per heavy atom. The van der Waals surface area contributed by atoms with Crippen LogP contribution in [-0.2, 0) is 4.74 Å². The predicted octanol–water partition coefficient (Wildman–Crippen LogP) is -0.720. The van der Waals surface area contributed by atoms with Crippen molar-refractivity contribution in [2.45, 2.75) is 31.6 Å². The lowest BCUT2D eigenvalue weighted by Gasteiger charge is -2.26. The summed E-state index contributed by atoms with van der Waals surface area (Å²) in [4.78, 5) is 0. The fraction of sp³-hybridized carbons (Fsp3) is 0.778. The van der Waals surface area contributed by atoms with Crippen molar-refractivity contribution in [2.24, 2.45) is 5.92 Å². The van der Waals surface area contributed by atoms with E-state index in [-0.39, 0.29) is 18.5 Å². The number of aliphatic hydroxyl groups is 2. The lowest BCUT2D eigenvalue weighted by Crippen LogP contribution is -2.42. The Morgan fingerprint density at radius 3 is 2.46 bits per heavy atom. The van der Waals surface area contributed by atoms with E-state index in [9.17, 15) is 5.11 Å². The van der Waals surface area contributed by atoms with Crippen LogP contribution < -0.4 is 0 Å². The highest BCUT2D eigenvalue weighted by Crippen LogP contribution is 2.37. The van der Waals surface area contributed by atoms with Gasteiger partial charge in [0.15, 0.2) is 0 Å². The molecule has 2 N–H and O–H groups in total. The minimum absolute atomic E-state index is 0.0721. The van der Waals surface area contributed by atoms with Crippen molar-refractivity contribution in [3.63, 3.8) is 0 Å². The molecule has 13 heavy (non-hydrogen) atoms.